The molecule has 0 heterocycles. The van der Waals surface area contributed by atoms with E-state index in [0.717, 1.165) is 28.3 Å². The monoisotopic (exact) mass is 336 g/mol. The summed E-state index contributed by atoms with van der Waals surface area (Å²) in [6.45, 7) is 0. The van der Waals surface area contributed by atoms with Crippen molar-refractivity contribution in [2.75, 3.05) is 10.6 Å². The molecule has 2 nitrogen and oxygen atoms in total. The molecule has 0 saturated carbocycles. The fraction of sp³-hybridized carbons (Fsp3) is 0. The maximum absolute atomic E-state index is 5.79. The van der Waals surface area contributed by atoms with Crippen molar-refractivity contribution in [3.63, 3.8) is 0 Å². The average Bonchev–Trinajstić information content (AvgIpc) is 2.71. The van der Waals surface area contributed by atoms with E-state index >= 15 is 0 Å². The molecule has 126 valence electrons. The van der Waals surface area contributed by atoms with Crippen LogP contribution in [-0.2, 0) is 0 Å². The molecule has 0 aliphatic carbocycles. The maximum Gasteiger partial charge on any atom is 0.0462 e. The molecule has 4 aromatic carbocycles. The number of nitrogen functional groups attached to an aromatic ring is 1. The highest BCUT2D eigenvalue weighted by Gasteiger charge is 2.11. The van der Waals surface area contributed by atoms with Crippen molar-refractivity contribution in [3.8, 4) is 11.1 Å². The Morgan fingerprint density at radius 3 is 1.27 bits per heavy atom. The average molecular weight is 336 g/mol. The zero-order chi connectivity index (χ0) is 17.8. The van der Waals surface area contributed by atoms with Crippen molar-refractivity contribution in [1.82, 2.24) is 0 Å². The number of nitrogens with two attached hydrogens (primary N) is 1. The molecule has 26 heavy (non-hydrogen) atoms. The summed E-state index contributed by atoms with van der Waals surface area (Å²) in [6, 6.07) is 37.4. The van der Waals surface area contributed by atoms with Crippen molar-refractivity contribution >= 4 is 22.7 Å². The van der Waals surface area contributed by atoms with Crippen molar-refractivity contribution in [2.45, 2.75) is 0 Å². The predicted molar refractivity (Wildman–Crippen MR) is 111 cm³/mol. The largest absolute Gasteiger partial charge is 0.399 e. The van der Waals surface area contributed by atoms with Gasteiger partial charge >= 0.3 is 0 Å². The normalized spacial score (nSPS) is 10.5. The summed E-state index contributed by atoms with van der Waals surface area (Å²) < 4.78 is 0. The molecule has 2 heteroatoms. The van der Waals surface area contributed by atoms with Crippen LogP contribution in [0.1, 0.15) is 0 Å². The fourth-order valence-electron chi connectivity index (χ4n) is 3.08. The van der Waals surface area contributed by atoms with Gasteiger partial charge in [0, 0.05) is 22.7 Å². The third-order valence-corrected chi connectivity index (χ3v) is 4.40. The van der Waals surface area contributed by atoms with Crippen molar-refractivity contribution < 1.29 is 0 Å². The minimum absolute atomic E-state index is 0.782. The van der Waals surface area contributed by atoms with Gasteiger partial charge in [0.15, 0.2) is 0 Å². The first-order chi connectivity index (χ1) is 12.8. The highest BCUT2D eigenvalue weighted by atomic mass is 15.1. The van der Waals surface area contributed by atoms with E-state index in [4.69, 9.17) is 5.73 Å². The van der Waals surface area contributed by atoms with Gasteiger partial charge in [-0.15, -0.1) is 0 Å². The summed E-state index contributed by atoms with van der Waals surface area (Å²) in [5, 5.41) is 0. The third kappa shape index (κ3) is 3.31. The van der Waals surface area contributed by atoms with E-state index in [9.17, 15) is 0 Å². The van der Waals surface area contributed by atoms with E-state index in [1.165, 1.54) is 5.56 Å². The Morgan fingerprint density at radius 2 is 0.808 bits per heavy atom. The van der Waals surface area contributed by atoms with Crippen LogP contribution in [0.5, 0.6) is 0 Å². The molecule has 0 bridgehead atoms. The summed E-state index contributed by atoms with van der Waals surface area (Å²) >= 11 is 0. The molecule has 0 amide bonds. The highest BCUT2D eigenvalue weighted by Crippen LogP contribution is 2.35. The summed E-state index contributed by atoms with van der Waals surface area (Å²) in [5.41, 5.74) is 12.3. The Morgan fingerprint density at radius 1 is 0.423 bits per heavy atom. The van der Waals surface area contributed by atoms with Crippen LogP contribution >= 0.6 is 0 Å². The van der Waals surface area contributed by atoms with E-state index in [1.54, 1.807) is 0 Å². The zero-order valence-corrected chi connectivity index (χ0v) is 14.4. The highest BCUT2D eigenvalue weighted by molar-refractivity contribution is 5.78. The molecule has 0 fully saturated rings. The van der Waals surface area contributed by atoms with Gasteiger partial charge in [-0.05, 0) is 59.7 Å². The molecule has 0 aliphatic heterocycles. The number of hydrogen-bond acceptors (Lipinski definition) is 2. The summed E-state index contributed by atoms with van der Waals surface area (Å²) in [7, 11) is 0. The van der Waals surface area contributed by atoms with Crippen LogP contribution in [0.25, 0.3) is 11.1 Å². The van der Waals surface area contributed by atoms with Crippen LogP contribution < -0.4 is 10.6 Å². The lowest BCUT2D eigenvalue weighted by molar-refractivity contribution is 1.28. The van der Waals surface area contributed by atoms with Gasteiger partial charge in [0.1, 0.15) is 0 Å². The minimum Gasteiger partial charge on any atom is -0.399 e. The van der Waals surface area contributed by atoms with Gasteiger partial charge in [-0.3, -0.25) is 0 Å². The molecule has 0 spiro atoms. The number of nitrogens with zero attached hydrogens (tertiary/aromatic N) is 1. The molecule has 0 aromatic heterocycles. The van der Waals surface area contributed by atoms with Gasteiger partial charge < -0.3 is 10.6 Å². The predicted octanol–water partition coefficient (Wildman–Crippen LogP) is 6.41. The SMILES string of the molecule is Nc1ccc(-c2ccc(N(c3ccccc3)c3ccccc3)cc2)cc1. The summed E-state index contributed by atoms with van der Waals surface area (Å²) in [5.74, 6) is 0. The number of para-hydroxylation sites is 2. The molecule has 0 atom stereocenters. The van der Waals surface area contributed by atoms with Crippen molar-refractivity contribution in [1.29, 1.82) is 0 Å². The van der Waals surface area contributed by atoms with Crippen LogP contribution in [0.4, 0.5) is 22.7 Å². The summed E-state index contributed by atoms with van der Waals surface area (Å²) in [4.78, 5) is 2.26. The molecule has 0 radical (unpaired) electrons. The first kappa shape index (κ1) is 16.0. The quantitative estimate of drug-likeness (QED) is 0.437. The van der Waals surface area contributed by atoms with Crippen LogP contribution in [-0.4, -0.2) is 0 Å². The Hall–Kier alpha value is -3.52. The topological polar surface area (TPSA) is 29.3 Å². The second-order valence-electron chi connectivity index (χ2n) is 6.18. The Bertz CT molecular complexity index is 921. The Balaban J connectivity index is 1.73. The van der Waals surface area contributed by atoms with Crippen molar-refractivity contribution in [3.05, 3.63) is 109 Å². The van der Waals surface area contributed by atoms with Gasteiger partial charge in [0.25, 0.3) is 0 Å². The van der Waals surface area contributed by atoms with E-state index in [0.29, 0.717) is 0 Å². The first-order valence-corrected chi connectivity index (χ1v) is 8.67. The van der Waals surface area contributed by atoms with Crippen LogP contribution in [0.15, 0.2) is 109 Å². The number of benzene rings is 4. The molecule has 4 aromatic rings. The third-order valence-electron chi connectivity index (χ3n) is 4.40. The van der Waals surface area contributed by atoms with Gasteiger partial charge in [-0.1, -0.05) is 60.7 Å². The molecule has 2 N–H and O–H groups in total. The van der Waals surface area contributed by atoms with Gasteiger partial charge in [-0.2, -0.15) is 0 Å². The standard InChI is InChI=1S/C24H20N2/c25-21-15-11-19(12-16-21)20-13-17-24(18-14-20)26(22-7-3-1-4-8-22)23-9-5-2-6-10-23/h1-18H,25H2. The van der Waals surface area contributed by atoms with E-state index in [1.807, 2.05) is 24.3 Å². The molecule has 0 saturated heterocycles. The Labute approximate surface area is 154 Å². The van der Waals surface area contributed by atoms with Gasteiger partial charge in [0.05, 0.1) is 0 Å². The minimum atomic E-state index is 0.782. The second kappa shape index (κ2) is 7.16. The Kier molecular flexibility index (Phi) is 4.40. The maximum atomic E-state index is 5.79. The van der Waals surface area contributed by atoms with E-state index < -0.39 is 0 Å². The van der Waals surface area contributed by atoms with Crippen molar-refractivity contribution in [2.24, 2.45) is 0 Å². The smallest absolute Gasteiger partial charge is 0.0462 e. The zero-order valence-electron chi connectivity index (χ0n) is 14.4. The molecular weight excluding hydrogens is 316 g/mol. The second-order valence-corrected chi connectivity index (χ2v) is 6.18. The first-order valence-electron chi connectivity index (χ1n) is 8.67. The number of rotatable bonds is 4. The fourth-order valence-corrected chi connectivity index (χ4v) is 3.08. The summed E-state index contributed by atoms with van der Waals surface area (Å²) in [6.07, 6.45) is 0. The van der Waals surface area contributed by atoms with E-state index in [2.05, 4.69) is 89.8 Å². The molecular formula is C24H20N2. The van der Waals surface area contributed by atoms with Crippen LogP contribution in [0.3, 0.4) is 0 Å². The van der Waals surface area contributed by atoms with Gasteiger partial charge in [0.2, 0.25) is 0 Å². The van der Waals surface area contributed by atoms with Gasteiger partial charge in [-0.25, -0.2) is 0 Å². The van der Waals surface area contributed by atoms with Crippen LogP contribution in [0.2, 0.25) is 0 Å². The van der Waals surface area contributed by atoms with Crippen LogP contribution in [0, 0.1) is 0 Å². The lowest BCUT2D eigenvalue weighted by Crippen LogP contribution is -2.09. The molecule has 4 rings (SSSR count). The number of hydrogen-bond donors (Lipinski definition) is 1. The molecule has 0 unspecified atom stereocenters. The lowest BCUT2D eigenvalue weighted by Gasteiger charge is -2.25. The molecule has 0 aliphatic rings. The number of anilines is 4. The van der Waals surface area contributed by atoms with E-state index in [-0.39, 0.29) is 0 Å². The lowest BCUT2D eigenvalue weighted by atomic mass is 10.0.